The Balaban J connectivity index is 2.14. The maximum absolute atomic E-state index is 12.0. The molecule has 0 aliphatic carbocycles. The van der Waals surface area contributed by atoms with E-state index in [1.807, 2.05) is 19.9 Å². The van der Waals surface area contributed by atoms with Gasteiger partial charge < -0.3 is 5.32 Å². The number of non-ortho nitro benzene ring substituents is 1. The molecule has 8 heteroatoms. The average Bonchev–Trinajstić information content (AvgIpc) is 2.70. The third kappa shape index (κ3) is 3.57. The van der Waals surface area contributed by atoms with Gasteiger partial charge >= 0.3 is 0 Å². The van der Waals surface area contributed by atoms with Crippen molar-refractivity contribution < 1.29 is 9.72 Å². The number of hydrogen-bond donors (Lipinski definition) is 1. The van der Waals surface area contributed by atoms with Gasteiger partial charge in [0.05, 0.1) is 21.3 Å². The second kappa shape index (κ2) is 5.92. The van der Waals surface area contributed by atoms with Crippen LogP contribution in [0.1, 0.15) is 11.4 Å². The Hall–Kier alpha value is -2.41. The summed E-state index contributed by atoms with van der Waals surface area (Å²) in [5.41, 5.74) is 1.74. The number of nitro benzene ring substituents is 1. The van der Waals surface area contributed by atoms with E-state index in [9.17, 15) is 14.9 Å². The number of anilines is 1. The Labute approximate surface area is 125 Å². The molecule has 21 heavy (non-hydrogen) atoms. The highest BCUT2D eigenvalue weighted by Crippen LogP contribution is 2.26. The van der Waals surface area contributed by atoms with E-state index in [1.165, 1.54) is 18.2 Å². The van der Waals surface area contributed by atoms with Gasteiger partial charge in [-0.3, -0.25) is 19.6 Å². The van der Waals surface area contributed by atoms with Gasteiger partial charge in [-0.25, -0.2) is 0 Å². The highest BCUT2D eigenvalue weighted by molar-refractivity contribution is 6.33. The van der Waals surface area contributed by atoms with Gasteiger partial charge in [-0.2, -0.15) is 5.10 Å². The quantitative estimate of drug-likeness (QED) is 0.694. The van der Waals surface area contributed by atoms with Gasteiger partial charge in [0.15, 0.2) is 0 Å². The maximum Gasteiger partial charge on any atom is 0.271 e. The molecule has 1 heterocycles. The lowest BCUT2D eigenvalue weighted by Gasteiger charge is -2.08. The van der Waals surface area contributed by atoms with Gasteiger partial charge in [0.1, 0.15) is 6.54 Å². The number of aromatic nitrogens is 2. The predicted octanol–water partition coefficient (Wildman–Crippen LogP) is 2.70. The molecule has 0 atom stereocenters. The normalized spacial score (nSPS) is 10.4. The van der Waals surface area contributed by atoms with Crippen LogP contribution in [-0.4, -0.2) is 20.6 Å². The highest BCUT2D eigenvalue weighted by Gasteiger charge is 2.13. The Morgan fingerprint density at radius 3 is 2.71 bits per heavy atom. The van der Waals surface area contributed by atoms with E-state index < -0.39 is 4.92 Å². The van der Waals surface area contributed by atoms with E-state index in [-0.39, 0.29) is 28.8 Å². The highest BCUT2D eigenvalue weighted by atomic mass is 35.5. The maximum atomic E-state index is 12.0. The monoisotopic (exact) mass is 308 g/mol. The summed E-state index contributed by atoms with van der Waals surface area (Å²) in [5, 5.41) is 17.7. The summed E-state index contributed by atoms with van der Waals surface area (Å²) in [6.07, 6.45) is 0. The summed E-state index contributed by atoms with van der Waals surface area (Å²) in [6, 6.07) is 5.73. The van der Waals surface area contributed by atoms with E-state index in [2.05, 4.69) is 10.4 Å². The van der Waals surface area contributed by atoms with Crippen LogP contribution < -0.4 is 5.32 Å². The van der Waals surface area contributed by atoms with Crippen LogP contribution in [-0.2, 0) is 11.3 Å². The largest absolute Gasteiger partial charge is 0.323 e. The molecule has 1 aromatic heterocycles. The second-order valence-electron chi connectivity index (χ2n) is 4.55. The van der Waals surface area contributed by atoms with E-state index in [4.69, 9.17) is 11.6 Å². The molecular formula is C13H13ClN4O3. The number of rotatable bonds is 4. The van der Waals surface area contributed by atoms with Crippen molar-refractivity contribution in [3.63, 3.8) is 0 Å². The van der Waals surface area contributed by atoms with Crippen molar-refractivity contribution in [2.75, 3.05) is 5.32 Å². The molecular weight excluding hydrogens is 296 g/mol. The minimum absolute atomic E-state index is 0.0126. The van der Waals surface area contributed by atoms with Crippen LogP contribution in [0.25, 0.3) is 0 Å². The molecule has 2 rings (SSSR count). The van der Waals surface area contributed by atoms with Crippen LogP contribution in [0.4, 0.5) is 11.4 Å². The molecule has 0 spiro atoms. The third-order valence-electron chi connectivity index (χ3n) is 2.83. The number of hydrogen-bond acceptors (Lipinski definition) is 4. The summed E-state index contributed by atoms with van der Waals surface area (Å²) in [4.78, 5) is 22.2. The summed E-state index contributed by atoms with van der Waals surface area (Å²) >= 11 is 5.92. The number of halogens is 1. The molecule has 0 bridgehead atoms. The molecule has 1 N–H and O–H groups in total. The van der Waals surface area contributed by atoms with E-state index in [1.54, 1.807) is 4.68 Å². The first-order chi connectivity index (χ1) is 9.86. The topological polar surface area (TPSA) is 90.1 Å². The van der Waals surface area contributed by atoms with E-state index >= 15 is 0 Å². The molecule has 1 amide bonds. The Morgan fingerprint density at radius 2 is 2.14 bits per heavy atom. The predicted molar refractivity (Wildman–Crippen MR) is 78.4 cm³/mol. The number of nitrogens with zero attached hydrogens (tertiary/aromatic N) is 3. The van der Waals surface area contributed by atoms with Crippen LogP contribution in [0.5, 0.6) is 0 Å². The first-order valence-electron chi connectivity index (χ1n) is 6.11. The fourth-order valence-electron chi connectivity index (χ4n) is 1.88. The zero-order valence-electron chi connectivity index (χ0n) is 11.5. The van der Waals surface area contributed by atoms with Crippen molar-refractivity contribution in [2.45, 2.75) is 20.4 Å². The van der Waals surface area contributed by atoms with Gasteiger partial charge in [-0.1, -0.05) is 11.6 Å². The fourth-order valence-corrected chi connectivity index (χ4v) is 2.05. The standard InChI is InChI=1S/C13H13ClN4O3/c1-8-5-9(2)17(16-8)7-13(19)15-12-6-10(18(20)21)3-4-11(12)14/h3-6H,7H2,1-2H3,(H,15,19). The van der Waals surface area contributed by atoms with Crippen LogP contribution in [0.2, 0.25) is 5.02 Å². The molecule has 110 valence electrons. The number of nitro groups is 1. The van der Waals surface area contributed by atoms with Crippen molar-refractivity contribution in [1.29, 1.82) is 0 Å². The zero-order valence-corrected chi connectivity index (χ0v) is 12.2. The summed E-state index contributed by atoms with van der Waals surface area (Å²) in [7, 11) is 0. The average molecular weight is 309 g/mol. The lowest BCUT2D eigenvalue weighted by Crippen LogP contribution is -2.20. The Morgan fingerprint density at radius 1 is 1.43 bits per heavy atom. The molecule has 1 aromatic carbocycles. The number of carbonyl (C=O) groups is 1. The molecule has 2 aromatic rings. The van der Waals surface area contributed by atoms with Gasteiger partial charge in [0, 0.05) is 17.8 Å². The minimum atomic E-state index is -0.549. The molecule has 0 radical (unpaired) electrons. The lowest BCUT2D eigenvalue weighted by atomic mass is 10.2. The van der Waals surface area contributed by atoms with Gasteiger partial charge in [0.25, 0.3) is 5.69 Å². The van der Waals surface area contributed by atoms with Crippen molar-refractivity contribution in [3.8, 4) is 0 Å². The van der Waals surface area contributed by atoms with Crippen molar-refractivity contribution in [1.82, 2.24) is 9.78 Å². The number of benzene rings is 1. The third-order valence-corrected chi connectivity index (χ3v) is 3.16. The van der Waals surface area contributed by atoms with Crippen LogP contribution >= 0.6 is 11.6 Å². The van der Waals surface area contributed by atoms with Gasteiger partial charge in [-0.05, 0) is 26.0 Å². The first-order valence-corrected chi connectivity index (χ1v) is 6.49. The Bertz CT molecular complexity index is 711. The van der Waals surface area contributed by atoms with Crippen molar-refractivity contribution in [2.24, 2.45) is 0 Å². The molecule has 0 saturated carbocycles. The van der Waals surface area contributed by atoms with E-state index in [0.29, 0.717) is 0 Å². The molecule has 7 nitrogen and oxygen atoms in total. The fraction of sp³-hybridized carbons (Fsp3) is 0.231. The Kier molecular flexibility index (Phi) is 4.23. The number of aryl methyl sites for hydroxylation is 2. The number of amides is 1. The van der Waals surface area contributed by atoms with Crippen LogP contribution in [0.15, 0.2) is 24.3 Å². The van der Waals surface area contributed by atoms with Gasteiger partial charge in [0.2, 0.25) is 5.91 Å². The minimum Gasteiger partial charge on any atom is -0.323 e. The van der Waals surface area contributed by atoms with Crippen molar-refractivity contribution in [3.05, 3.63) is 50.8 Å². The van der Waals surface area contributed by atoms with E-state index in [0.717, 1.165) is 11.4 Å². The van der Waals surface area contributed by atoms with Crippen LogP contribution in [0.3, 0.4) is 0 Å². The second-order valence-corrected chi connectivity index (χ2v) is 4.96. The molecule has 0 fully saturated rings. The number of nitrogens with one attached hydrogen (secondary N) is 1. The summed E-state index contributed by atoms with van der Waals surface area (Å²) < 4.78 is 1.55. The zero-order chi connectivity index (χ0) is 15.6. The smallest absolute Gasteiger partial charge is 0.271 e. The lowest BCUT2D eigenvalue weighted by molar-refractivity contribution is -0.384. The summed E-state index contributed by atoms with van der Waals surface area (Å²) in [5.74, 6) is -0.358. The molecule has 0 unspecified atom stereocenters. The first kappa shape index (κ1) is 15.0. The van der Waals surface area contributed by atoms with Crippen LogP contribution in [0, 0.1) is 24.0 Å². The number of carbonyl (C=O) groups excluding carboxylic acids is 1. The molecule has 0 aliphatic heterocycles. The van der Waals surface area contributed by atoms with Gasteiger partial charge in [-0.15, -0.1) is 0 Å². The summed E-state index contributed by atoms with van der Waals surface area (Å²) in [6.45, 7) is 3.69. The molecule has 0 aliphatic rings. The van der Waals surface area contributed by atoms with Crippen molar-refractivity contribution >= 4 is 28.9 Å². The SMILES string of the molecule is Cc1cc(C)n(CC(=O)Nc2cc([N+](=O)[O-])ccc2Cl)n1. The molecule has 0 saturated heterocycles.